The lowest BCUT2D eigenvalue weighted by Gasteiger charge is -2.28. The van der Waals surface area contributed by atoms with Crippen molar-refractivity contribution in [2.24, 2.45) is 0 Å². The molecule has 1 aliphatic rings. The highest BCUT2D eigenvalue weighted by Gasteiger charge is 2.10. The first-order valence-electron chi connectivity index (χ1n) is 3.61. The van der Waals surface area contributed by atoms with E-state index in [1.807, 2.05) is 0 Å². The third kappa shape index (κ3) is 2.62. The van der Waals surface area contributed by atoms with Crippen LogP contribution in [0.3, 0.4) is 0 Å². The van der Waals surface area contributed by atoms with E-state index >= 15 is 0 Å². The molecule has 0 spiro atoms. The van der Waals surface area contributed by atoms with E-state index in [9.17, 15) is 0 Å². The quantitative estimate of drug-likeness (QED) is 0.444. The van der Waals surface area contributed by atoms with E-state index < -0.39 is 0 Å². The van der Waals surface area contributed by atoms with Gasteiger partial charge in [0.1, 0.15) is 0 Å². The predicted octanol–water partition coefficient (Wildman–Crippen LogP) is -1.43. The van der Waals surface area contributed by atoms with Gasteiger partial charge in [-0.25, -0.2) is 0 Å². The van der Waals surface area contributed by atoms with Crippen molar-refractivity contribution in [3.05, 3.63) is 0 Å². The van der Waals surface area contributed by atoms with Crippen LogP contribution in [0.15, 0.2) is 0 Å². The van der Waals surface area contributed by atoms with E-state index in [4.69, 9.17) is 0 Å². The monoisotopic (exact) mass is 144 g/mol. The van der Waals surface area contributed by atoms with Crippen molar-refractivity contribution in [3.8, 4) is 0 Å². The Morgan fingerprint density at radius 2 is 1.90 bits per heavy atom. The van der Waals surface area contributed by atoms with Gasteiger partial charge in [0, 0.05) is 19.9 Å². The van der Waals surface area contributed by atoms with Gasteiger partial charge in [0.05, 0.1) is 6.17 Å². The van der Waals surface area contributed by atoms with Gasteiger partial charge in [-0.1, -0.05) is 0 Å². The van der Waals surface area contributed by atoms with Crippen LogP contribution >= 0.6 is 0 Å². The summed E-state index contributed by atoms with van der Waals surface area (Å²) in [7, 11) is 4.15. The average molecular weight is 144 g/mol. The van der Waals surface area contributed by atoms with Crippen LogP contribution in [0.25, 0.3) is 0 Å². The Bertz CT molecular complexity index is 87.7. The second kappa shape index (κ2) is 3.88. The Labute approximate surface area is 62.0 Å². The van der Waals surface area contributed by atoms with Crippen LogP contribution in [-0.2, 0) is 0 Å². The molecule has 0 bridgehead atoms. The molecule has 0 aromatic heterocycles. The van der Waals surface area contributed by atoms with Gasteiger partial charge in [-0.2, -0.15) is 0 Å². The van der Waals surface area contributed by atoms with Gasteiger partial charge in [0.15, 0.2) is 0 Å². The van der Waals surface area contributed by atoms with E-state index in [-0.39, 0.29) is 0 Å². The minimum Gasteiger partial charge on any atom is -0.307 e. The summed E-state index contributed by atoms with van der Waals surface area (Å²) in [5, 5.41) is 9.72. The molecule has 0 aliphatic carbocycles. The van der Waals surface area contributed by atoms with Gasteiger partial charge < -0.3 is 4.90 Å². The average Bonchev–Trinajstić information content (AvgIpc) is 1.88. The molecule has 1 fully saturated rings. The molecule has 0 unspecified atom stereocenters. The maximum Gasteiger partial charge on any atom is 0.0722 e. The summed E-state index contributed by atoms with van der Waals surface area (Å²) < 4.78 is 0. The molecule has 1 rings (SSSR count). The summed E-state index contributed by atoms with van der Waals surface area (Å²) in [6, 6.07) is 0. The first kappa shape index (κ1) is 7.94. The molecule has 0 atom stereocenters. The van der Waals surface area contributed by atoms with Crippen LogP contribution in [0.5, 0.6) is 0 Å². The summed E-state index contributed by atoms with van der Waals surface area (Å²) in [4.78, 5) is 2.16. The van der Waals surface area contributed by atoms with Crippen molar-refractivity contribution in [1.29, 1.82) is 0 Å². The van der Waals surface area contributed by atoms with Crippen molar-refractivity contribution >= 4 is 0 Å². The summed E-state index contributed by atoms with van der Waals surface area (Å²) >= 11 is 0. The number of nitrogens with one attached hydrogen (secondary N) is 3. The van der Waals surface area contributed by atoms with E-state index in [2.05, 4.69) is 34.9 Å². The van der Waals surface area contributed by atoms with E-state index in [0.29, 0.717) is 6.17 Å². The first-order chi connectivity index (χ1) is 4.79. The third-order valence-corrected chi connectivity index (χ3v) is 1.49. The second-order valence-corrected chi connectivity index (χ2v) is 2.83. The molecular formula is C6H16N4. The van der Waals surface area contributed by atoms with E-state index in [0.717, 1.165) is 19.9 Å². The molecule has 1 heterocycles. The van der Waals surface area contributed by atoms with Crippen molar-refractivity contribution < 1.29 is 0 Å². The Hall–Kier alpha value is -0.160. The van der Waals surface area contributed by atoms with Gasteiger partial charge in [0.2, 0.25) is 0 Å². The number of likely N-dealkylation sites (N-methyl/N-ethyl adjacent to an activating group) is 1. The minimum absolute atomic E-state index is 0.441. The molecule has 0 aromatic carbocycles. The molecule has 1 aliphatic heterocycles. The van der Waals surface area contributed by atoms with Gasteiger partial charge in [0.25, 0.3) is 0 Å². The fourth-order valence-electron chi connectivity index (χ4n) is 1.02. The van der Waals surface area contributed by atoms with Crippen molar-refractivity contribution in [3.63, 3.8) is 0 Å². The maximum absolute atomic E-state index is 3.29. The topological polar surface area (TPSA) is 39.3 Å². The van der Waals surface area contributed by atoms with Crippen LogP contribution in [0, 0.1) is 0 Å². The molecule has 4 nitrogen and oxygen atoms in total. The highest BCUT2D eigenvalue weighted by molar-refractivity contribution is 4.69. The van der Waals surface area contributed by atoms with Crippen LogP contribution in [0.2, 0.25) is 0 Å². The fraction of sp³-hybridized carbons (Fsp3) is 1.00. The van der Waals surface area contributed by atoms with Gasteiger partial charge >= 0.3 is 0 Å². The van der Waals surface area contributed by atoms with Crippen LogP contribution < -0.4 is 16.0 Å². The molecular weight excluding hydrogens is 128 g/mol. The summed E-state index contributed by atoms with van der Waals surface area (Å²) in [5.41, 5.74) is 0. The zero-order valence-electron chi connectivity index (χ0n) is 6.65. The smallest absolute Gasteiger partial charge is 0.0722 e. The third-order valence-electron chi connectivity index (χ3n) is 1.49. The second-order valence-electron chi connectivity index (χ2n) is 2.83. The van der Waals surface area contributed by atoms with Crippen LogP contribution in [0.4, 0.5) is 0 Å². The molecule has 0 saturated carbocycles. The SMILES string of the molecule is CN(C)CC1NCNCN1. The van der Waals surface area contributed by atoms with Crippen LogP contribution in [0.1, 0.15) is 0 Å². The Kier molecular flexibility index (Phi) is 3.08. The number of nitrogens with zero attached hydrogens (tertiary/aromatic N) is 1. The van der Waals surface area contributed by atoms with Gasteiger partial charge in [-0.15, -0.1) is 0 Å². The van der Waals surface area contributed by atoms with Crippen molar-refractivity contribution in [2.45, 2.75) is 6.17 Å². The lowest BCUT2D eigenvalue weighted by molar-refractivity contribution is 0.262. The Balaban J connectivity index is 2.13. The largest absolute Gasteiger partial charge is 0.307 e. The fourth-order valence-corrected chi connectivity index (χ4v) is 1.02. The number of hydrogen-bond donors (Lipinski definition) is 3. The molecule has 1 saturated heterocycles. The lowest BCUT2D eigenvalue weighted by Crippen LogP contribution is -2.59. The standard InChI is InChI=1S/C6H16N4/c1-10(2)3-6-8-4-7-5-9-6/h6-9H,3-5H2,1-2H3. The van der Waals surface area contributed by atoms with E-state index in [1.54, 1.807) is 0 Å². The molecule has 60 valence electrons. The first-order valence-corrected chi connectivity index (χ1v) is 3.61. The molecule has 0 amide bonds. The van der Waals surface area contributed by atoms with Gasteiger partial charge in [-0.3, -0.25) is 16.0 Å². The molecule has 4 heteroatoms. The number of hydrogen-bond acceptors (Lipinski definition) is 4. The zero-order chi connectivity index (χ0) is 7.40. The molecule has 0 aromatic rings. The Morgan fingerprint density at radius 3 is 2.40 bits per heavy atom. The minimum atomic E-state index is 0.441. The van der Waals surface area contributed by atoms with Crippen LogP contribution in [-0.4, -0.2) is 45.0 Å². The molecule has 10 heavy (non-hydrogen) atoms. The summed E-state index contributed by atoms with van der Waals surface area (Å²) in [5.74, 6) is 0. The van der Waals surface area contributed by atoms with E-state index in [1.165, 1.54) is 0 Å². The Morgan fingerprint density at radius 1 is 1.30 bits per heavy atom. The normalized spacial score (nSPS) is 21.9. The molecule has 3 N–H and O–H groups in total. The highest BCUT2D eigenvalue weighted by atomic mass is 15.3. The lowest BCUT2D eigenvalue weighted by atomic mass is 10.4. The summed E-state index contributed by atoms with van der Waals surface area (Å²) in [6.45, 7) is 2.86. The summed E-state index contributed by atoms with van der Waals surface area (Å²) in [6.07, 6.45) is 0.441. The van der Waals surface area contributed by atoms with Gasteiger partial charge in [-0.05, 0) is 14.1 Å². The highest BCUT2D eigenvalue weighted by Crippen LogP contribution is 1.83. The maximum atomic E-state index is 3.29. The number of rotatable bonds is 2. The zero-order valence-corrected chi connectivity index (χ0v) is 6.65. The van der Waals surface area contributed by atoms with Crippen molar-refractivity contribution in [2.75, 3.05) is 34.0 Å². The predicted molar refractivity (Wildman–Crippen MR) is 41.5 cm³/mol. The molecule has 0 radical (unpaired) electrons. The van der Waals surface area contributed by atoms with Crippen molar-refractivity contribution in [1.82, 2.24) is 20.9 Å².